The van der Waals surface area contributed by atoms with Crippen molar-refractivity contribution in [2.45, 2.75) is 32.2 Å². The summed E-state index contributed by atoms with van der Waals surface area (Å²) in [6, 6.07) is 33.7. The second-order valence-electron chi connectivity index (χ2n) is 10.7. The van der Waals surface area contributed by atoms with E-state index >= 15 is 0 Å². The number of carbonyl (C=O) groups excluding carboxylic acids is 1. The van der Waals surface area contributed by atoms with Crippen LogP contribution in [0.15, 0.2) is 97.1 Å². The molecular weight excluding hydrogens is 508 g/mol. The lowest BCUT2D eigenvalue weighted by molar-refractivity contribution is 0.0600. The van der Waals surface area contributed by atoms with Gasteiger partial charge in [-0.1, -0.05) is 72.8 Å². The number of hydrogen-bond donors (Lipinski definition) is 1. The monoisotopic (exact) mass is 548 g/mol. The molecule has 41 heavy (non-hydrogen) atoms. The van der Waals surface area contributed by atoms with E-state index in [2.05, 4.69) is 83.0 Å². The molecule has 1 fully saturated rings. The van der Waals surface area contributed by atoms with Gasteiger partial charge in [-0.15, -0.1) is 0 Å². The summed E-state index contributed by atoms with van der Waals surface area (Å²) in [4.78, 5) is 14.1. The average Bonchev–Trinajstić information content (AvgIpc) is 3.54. The Kier molecular flexibility index (Phi) is 10.2. The molecule has 0 unspecified atom stereocenters. The van der Waals surface area contributed by atoms with Crippen molar-refractivity contribution in [2.75, 3.05) is 39.9 Å². The number of benzene rings is 4. The molecule has 1 aliphatic rings. The van der Waals surface area contributed by atoms with Crippen LogP contribution in [-0.2, 0) is 24.1 Å². The summed E-state index contributed by atoms with van der Waals surface area (Å²) < 4.78 is 10.7. The lowest BCUT2D eigenvalue weighted by Gasteiger charge is -2.15. The van der Waals surface area contributed by atoms with Crippen LogP contribution in [0.25, 0.3) is 11.1 Å². The summed E-state index contributed by atoms with van der Waals surface area (Å²) in [5.74, 6) is 0.640. The fraction of sp³-hybridized carbons (Fsp3) is 0.306. The molecule has 1 N–H and O–H groups in total. The van der Waals surface area contributed by atoms with E-state index in [0.717, 1.165) is 50.4 Å². The molecule has 0 saturated carbocycles. The van der Waals surface area contributed by atoms with Crippen molar-refractivity contribution in [3.63, 3.8) is 0 Å². The van der Waals surface area contributed by atoms with Gasteiger partial charge in [0.25, 0.3) is 0 Å². The van der Waals surface area contributed by atoms with Crippen LogP contribution in [0, 0.1) is 0 Å². The molecule has 5 nitrogen and oxygen atoms in total. The zero-order chi connectivity index (χ0) is 28.3. The summed E-state index contributed by atoms with van der Waals surface area (Å²) in [5.41, 5.74) is 8.15. The van der Waals surface area contributed by atoms with Crippen LogP contribution in [0.3, 0.4) is 0 Å². The van der Waals surface area contributed by atoms with E-state index in [4.69, 9.17) is 9.47 Å². The van der Waals surface area contributed by atoms with E-state index in [-0.39, 0.29) is 5.97 Å². The smallest absolute Gasteiger partial charge is 0.337 e. The van der Waals surface area contributed by atoms with Gasteiger partial charge in [0.15, 0.2) is 0 Å². The van der Waals surface area contributed by atoms with Crippen LogP contribution in [0.1, 0.15) is 45.5 Å². The first-order valence-corrected chi connectivity index (χ1v) is 14.7. The maximum absolute atomic E-state index is 11.6. The second kappa shape index (κ2) is 14.6. The second-order valence-corrected chi connectivity index (χ2v) is 10.7. The minimum Gasteiger partial charge on any atom is -0.492 e. The Labute approximate surface area is 244 Å². The topological polar surface area (TPSA) is 50.8 Å². The summed E-state index contributed by atoms with van der Waals surface area (Å²) >= 11 is 0. The molecule has 212 valence electrons. The number of carbonyl (C=O) groups is 1. The van der Waals surface area contributed by atoms with Gasteiger partial charge in [0.2, 0.25) is 0 Å². The molecule has 0 amide bonds. The van der Waals surface area contributed by atoms with Gasteiger partial charge in [-0.2, -0.15) is 0 Å². The zero-order valence-electron chi connectivity index (χ0n) is 24.0. The lowest BCUT2D eigenvalue weighted by Crippen LogP contribution is -2.25. The number of methoxy groups -OCH3 is 1. The molecular formula is C36H40N2O3. The van der Waals surface area contributed by atoms with Crippen molar-refractivity contribution in [2.24, 2.45) is 0 Å². The number of likely N-dealkylation sites (tertiary alicyclic amines) is 1. The Bertz CT molecular complexity index is 1380. The van der Waals surface area contributed by atoms with E-state index in [9.17, 15) is 4.79 Å². The van der Waals surface area contributed by atoms with Crippen LogP contribution in [0.4, 0.5) is 0 Å². The van der Waals surface area contributed by atoms with Gasteiger partial charge in [0.1, 0.15) is 12.4 Å². The van der Waals surface area contributed by atoms with Gasteiger partial charge in [0.05, 0.1) is 12.7 Å². The first-order chi connectivity index (χ1) is 20.2. The van der Waals surface area contributed by atoms with Crippen molar-refractivity contribution in [1.82, 2.24) is 10.2 Å². The highest BCUT2D eigenvalue weighted by molar-refractivity contribution is 5.89. The summed E-state index contributed by atoms with van der Waals surface area (Å²) in [7, 11) is 1.40. The summed E-state index contributed by atoms with van der Waals surface area (Å²) in [6.45, 7) is 5.82. The van der Waals surface area contributed by atoms with E-state index in [1.54, 1.807) is 12.1 Å². The maximum atomic E-state index is 11.6. The van der Waals surface area contributed by atoms with Gasteiger partial charge in [-0.25, -0.2) is 4.79 Å². The fourth-order valence-corrected chi connectivity index (χ4v) is 5.37. The first kappa shape index (κ1) is 28.6. The summed E-state index contributed by atoms with van der Waals surface area (Å²) in [6.07, 6.45) is 4.47. The highest BCUT2D eigenvalue weighted by atomic mass is 16.5. The van der Waals surface area contributed by atoms with Crippen molar-refractivity contribution in [1.29, 1.82) is 0 Å². The minimum atomic E-state index is -0.307. The molecule has 0 spiro atoms. The maximum Gasteiger partial charge on any atom is 0.337 e. The quantitative estimate of drug-likeness (QED) is 0.152. The SMILES string of the molecule is COC(=O)c1ccc(CNCCc2ccc(-c3ccccc3Cc3ccc(OCCN4CCCC4)cc3)cc2)cc1. The zero-order valence-corrected chi connectivity index (χ0v) is 24.0. The van der Waals surface area contributed by atoms with E-state index in [0.29, 0.717) is 5.56 Å². The number of hydrogen-bond acceptors (Lipinski definition) is 5. The third-order valence-electron chi connectivity index (χ3n) is 7.77. The van der Waals surface area contributed by atoms with Crippen LogP contribution in [-0.4, -0.2) is 50.8 Å². The summed E-state index contributed by atoms with van der Waals surface area (Å²) in [5, 5.41) is 3.50. The predicted octanol–water partition coefficient (Wildman–Crippen LogP) is 6.54. The number of rotatable bonds is 13. The molecule has 5 heteroatoms. The molecule has 4 aromatic rings. The third kappa shape index (κ3) is 8.29. The number of nitrogens with one attached hydrogen (secondary N) is 1. The molecule has 1 saturated heterocycles. The van der Waals surface area contributed by atoms with Gasteiger partial charge in [-0.3, -0.25) is 4.90 Å². The Balaban J connectivity index is 1.11. The average molecular weight is 549 g/mol. The van der Waals surface area contributed by atoms with Crippen molar-refractivity contribution < 1.29 is 14.3 Å². The molecule has 0 radical (unpaired) electrons. The Morgan fingerprint density at radius 1 is 0.805 bits per heavy atom. The van der Waals surface area contributed by atoms with Gasteiger partial charge in [0, 0.05) is 13.1 Å². The Hall–Kier alpha value is -3.93. The minimum absolute atomic E-state index is 0.307. The molecule has 1 aliphatic heterocycles. The standard InChI is InChI=1S/C36H40N2O3/c1-40-36(39)32-16-10-30(11-17-32)27-37-21-20-28-8-14-31(15-9-28)35-7-3-2-6-33(35)26-29-12-18-34(19-13-29)41-25-24-38-22-4-5-23-38/h2-3,6-19,37H,4-5,20-27H2,1H3. The highest BCUT2D eigenvalue weighted by Crippen LogP contribution is 2.27. The molecule has 0 atom stereocenters. The van der Waals surface area contributed by atoms with Gasteiger partial charge >= 0.3 is 5.97 Å². The Morgan fingerprint density at radius 3 is 2.22 bits per heavy atom. The van der Waals surface area contributed by atoms with Crippen LogP contribution < -0.4 is 10.1 Å². The molecule has 1 heterocycles. The fourth-order valence-electron chi connectivity index (χ4n) is 5.37. The molecule has 4 aromatic carbocycles. The molecule has 0 bridgehead atoms. The van der Waals surface area contributed by atoms with Crippen molar-refractivity contribution >= 4 is 5.97 Å². The first-order valence-electron chi connectivity index (χ1n) is 14.7. The lowest BCUT2D eigenvalue weighted by atomic mass is 9.94. The van der Waals surface area contributed by atoms with Crippen LogP contribution in [0.2, 0.25) is 0 Å². The molecule has 0 aromatic heterocycles. The van der Waals surface area contributed by atoms with E-state index in [1.807, 2.05) is 12.1 Å². The third-order valence-corrected chi connectivity index (χ3v) is 7.77. The van der Waals surface area contributed by atoms with Gasteiger partial charge < -0.3 is 14.8 Å². The highest BCUT2D eigenvalue weighted by Gasteiger charge is 2.11. The molecule has 0 aliphatic carbocycles. The normalized spacial score (nSPS) is 13.3. The number of nitrogens with zero attached hydrogens (tertiary/aromatic N) is 1. The molecule has 5 rings (SSSR count). The Morgan fingerprint density at radius 2 is 1.49 bits per heavy atom. The predicted molar refractivity (Wildman–Crippen MR) is 165 cm³/mol. The van der Waals surface area contributed by atoms with Crippen molar-refractivity contribution in [3.05, 3.63) is 125 Å². The van der Waals surface area contributed by atoms with E-state index < -0.39 is 0 Å². The number of esters is 1. The van der Waals surface area contributed by atoms with E-state index in [1.165, 1.54) is 60.9 Å². The van der Waals surface area contributed by atoms with Crippen molar-refractivity contribution in [3.8, 4) is 16.9 Å². The van der Waals surface area contributed by atoms with Gasteiger partial charge in [-0.05, 0) is 103 Å². The van der Waals surface area contributed by atoms with Crippen LogP contribution >= 0.6 is 0 Å². The number of ether oxygens (including phenoxy) is 2. The van der Waals surface area contributed by atoms with Crippen LogP contribution in [0.5, 0.6) is 5.75 Å². The largest absolute Gasteiger partial charge is 0.492 e.